The third-order valence-electron chi connectivity index (χ3n) is 2.92. The summed E-state index contributed by atoms with van der Waals surface area (Å²) in [5.74, 6) is 0.374. The van der Waals surface area contributed by atoms with E-state index in [4.69, 9.17) is 16.3 Å². The van der Waals surface area contributed by atoms with Gasteiger partial charge in [-0.3, -0.25) is 0 Å². The summed E-state index contributed by atoms with van der Waals surface area (Å²) in [7, 11) is 3.51. The second kappa shape index (κ2) is 5.85. The number of para-hydroxylation sites is 1. The van der Waals surface area contributed by atoms with E-state index >= 15 is 0 Å². The number of anilines is 1. The number of rotatable bonds is 4. The Morgan fingerprint density at radius 3 is 2.53 bits per heavy atom. The van der Waals surface area contributed by atoms with Crippen LogP contribution in [0.2, 0.25) is 5.02 Å². The van der Waals surface area contributed by atoms with E-state index in [2.05, 4.69) is 4.90 Å². The van der Waals surface area contributed by atoms with Crippen molar-refractivity contribution in [1.29, 1.82) is 0 Å². The molecular weight excluding hydrogens is 262 g/mol. The molecule has 0 fully saturated rings. The fraction of sp³-hybridized carbons (Fsp3) is 0.200. The number of aromatic hydroxyl groups is 1. The molecule has 2 aromatic rings. The van der Waals surface area contributed by atoms with Gasteiger partial charge in [-0.2, -0.15) is 0 Å². The lowest BCUT2D eigenvalue weighted by atomic mass is 10.1. The maximum Gasteiger partial charge on any atom is 0.176 e. The summed E-state index contributed by atoms with van der Waals surface area (Å²) >= 11 is 5.98. The summed E-state index contributed by atoms with van der Waals surface area (Å²) in [6, 6.07) is 13.6. The van der Waals surface area contributed by atoms with Gasteiger partial charge in [-0.1, -0.05) is 29.8 Å². The Kier molecular flexibility index (Phi) is 4.17. The van der Waals surface area contributed by atoms with Gasteiger partial charge < -0.3 is 14.7 Å². The van der Waals surface area contributed by atoms with Gasteiger partial charge in [0.25, 0.3) is 0 Å². The predicted octanol–water partition coefficient (Wildman–Crippen LogP) is 3.69. The molecule has 100 valence electrons. The van der Waals surface area contributed by atoms with Crippen LogP contribution in [0.15, 0.2) is 42.5 Å². The summed E-state index contributed by atoms with van der Waals surface area (Å²) in [6.45, 7) is 0.681. The Bertz CT molecular complexity index is 558. The van der Waals surface area contributed by atoms with E-state index in [1.54, 1.807) is 12.1 Å². The Hall–Kier alpha value is -1.87. The molecule has 2 rings (SSSR count). The third-order valence-corrected chi connectivity index (χ3v) is 3.21. The summed E-state index contributed by atoms with van der Waals surface area (Å²) in [5.41, 5.74) is 2.09. The molecule has 1 N–H and O–H groups in total. The number of methoxy groups -OCH3 is 1. The highest BCUT2D eigenvalue weighted by Gasteiger charge is 2.10. The first kappa shape index (κ1) is 13.6. The molecule has 2 aromatic carbocycles. The first-order valence-electron chi connectivity index (χ1n) is 5.93. The largest absolute Gasteiger partial charge is 0.503 e. The molecule has 0 aromatic heterocycles. The first-order chi connectivity index (χ1) is 9.11. The van der Waals surface area contributed by atoms with Gasteiger partial charge in [-0.25, -0.2) is 0 Å². The second-order valence-corrected chi connectivity index (χ2v) is 4.73. The van der Waals surface area contributed by atoms with Crippen LogP contribution in [0.1, 0.15) is 5.56 Å². The van der Waals surface area contributed by atoms with E-state index in [9.17, 15) is 5.11 Å². The minimum absolute atomic E-state index is 0.0183. The molecule has 0 heterocycles. The second-order valence-electron chi connectivity index (χ2n) is 4.32. The summed E-state index contributed by atoms with van der Waals surface area (Å²) < 4.78 is 5.10. The molecule has 0 atom stereocenters. The van der Waals surface area contributed by atoms with E-state index in [1.807, 2.05) is 37.4 Å². The van der Waals surface area contributed by atoms with E-state index in [0.29, 0.717) is 17.3 Å². The Morgan fingerprint density at radius 2 is 1.89 bits per heavy atom. The first-order valence-corrected chi connectivity index (χ1v) is 6.31. The average Bonchev–Trinajstić information content (AvgIpc) is 2.43. The Balaban J connectivity index is 2.22. The molecule has 0 aliphatic carbocycles. The van der Waals surface area contributed by atoms with Gasteiger partial charge in [0.15, 0.2) is 11.5 Å². The van der Waals surface area contributed by atoms with E-state index < -0.39 is 0 Å². The van der Waals surface area contributed by atoms with Crippen molar-refractivity contribution in [3.63, 3.8) is 0 Å². The molecule has 0 bridgehead atoms. The Labute approximate surface area is 118 Å². The zero-order valence-electron chi connectivity index (χ0n) is 10.9. The molecule has 0 unspecified atom stereocenters. The fourth-order valence-electron chi connectivity index (χ4n) is 1.92. The lowest BCUT2D eigenvalue weighted by Gasteiger charge is -2.20. The van der Waals surface area contributed by atoms with Gasteiger partial charge in [0, 0.05) is 19.3 Å². The van der Waals surface area contributed by atoms with Gasteiger partial charge in [-0.15, -0.1) is 0 Å². The van der Waals surface area contributed by atoms with Gasteiger partial charge >= 0.3 is 0 Å². The Morgan fingerprint density at radius 1 is 1.21 bits per heavy atom. The van der Waals surface area contributed by atoms with Gasteiger partial charge in [-0.05, 0) is 29.8 Å². The highest BCUT2D eigenvalue weighted by atomic mass is 35.5. The maximum atomic E-state index is 9.70. The van der Waals surface area contributed by atoms with Crippen LogP contribution >= 0.6 is 11.6 Å². The zero-order chi connectivity index (χ0) is 13.8. The van der Waals surface area contributed by atoms with Gasteiger partial charge in [0.2, 0.25) is 0 Å². The van der Waals surface area contributed by atoms with Crippen LogP contribution in [0.4, 0.5) is 5.69 Å². The van der Waals surface area contributed by atoms with Crippen LogP contribution in [0, 0.1) is 0 Å². The molecule has 0 saturated carbocycles. The van der Waals surface area contributed by atoms with Crippen molar-refractivity contribution in [1.82, 2.24) is 0 Å². The lowest BCUT2D eigenvalue weighted by molar-refractivity contribution is 0.373. The van der Waals surface area contributed by atoms with E-state index in [-0.39, 0.29) is 5.75 Å². The molecule has 0 saturated heterocycles. The van der Waals surface area contributed by atoms with Crippen molar-refractivity contribution in [3.05, 3.63) is 53.1 Å². The number of phenolic OH excluding ortho intramolecular Hbond substituents is 1. The normalized spacial score (nSPS) is 10.3. The molecule has 0 spiro atoms. The molecule has 19 heavy (non-hydrogen) atoms. The smallest absolute Gasteiger partial charge is 0.176 e. The predicted molar refractivity (Wildman–Crippen MR) is 78.2 cm³/mol. The van der Waals surface area contributed by atoms with Crippen molar-refractivity contribution in [2.24, 2.45) is 0 Å². The number of hydrogen-bond donors (Lipinski definition) is 1. The van der Waals surface area contributed by atoms with E-state index in [0.717, 1.165) is 11.3 Å². The average molecular weight is 278 g/mol. The van der Waals surface area contributed by atoms with Crippen molar-refractivity contribution < 1.29 is 9.84 Å². The number of ether oxygens (including phenoxy) is 1. The highest BCUT2D eigenvalue weighted by molar-refractivity contribution is 6.32. The van der Waals surface area contributed by atoms with E-state index in [1.165, 1.54) is 7.11 Å². The quantitative estimate of drug-likeness (QED) is 0.925. The van der Waals surface area contributed by atoms with Crippen LogP contribution in [0.5, 0.6) is 11.5 Å². The molecule has 0 radical (unpaired) electrons. The lowest BCUT2D eigenvalue weighted by Crippen LogP contribution is -2.16. The minimum Gasteiger partial charge on any atom is -0.503 e. The van der Waals surface area contributed by atoms with Gasteiger partial charge in [0.05, 0.1) is 12.1 Å². The SMILES string of the molecule is COc1cc(CN(C)c2ccccc2)cc(Cl)c1O. The van der Waals surface area contributed by atoms with Crippen LogP contribution in [0.25, 0.3) is 0 Å². The number of nitrogens with zero attached hydrogens (tertiary/aromatic N) is 1. The molecular formula is C15H16ClNO2. The van der Waals surface area contributed by atoms with Crippen LogP contribution in [-0.4, -0.2) is 19.3 Å². The molecule has 3 nitrogen and oxygen atoms in total. The molecule has 0 aliphatic rings. The number of benzene rings is 2. The van der Waals surface area contributed by atoms with Gasteiger partial charge in [0.1, 0.15) is 0 Å². The molecule has 4 heteroatoms. The number of phenols is 1. The van der Waals surface area contributed by atoms with Crippen molar-refractivity contribution in [2.45, 2.75) is 6.54 Å². The van der Waals surface area contributed by atoms with Crippen LogP contribution in [0.3, 0.4) is 0 Å². The number of hydrogen-bond acceptors (Lipinski definition) is 3. The van der Waals surface area contributed by atoms with Crippen LogP contribution in [-0.2, 0) is 6.54 Å². The highest BCUT2D eigenvalue weighted by Crippen LogP contribution is 2.35. The summed E-state index contributed by atoms with van der Waals surface area (Å²) in [5, 5.41) is 10.0. The monoisotopic (exact) mass is 277 g/mol. The summed E-state index contributed by atoms with van der Waals surface area (Å²) in [6.07, 6.45) is 0. The number of halogens is 1. The van der Waals surface area contributed by atoms with Crippen molar-refractivity contribution in [3.8, 4) is 11.5 Å². The van der Waals surface area contributed by atoms with Crippen molar-refractivity contribution >= 4 is 17.3 Å². The van der Waals surface area contributed by atoms with Crippen LogP contribution < -0.4 is 9.64 Å². The van der Waals surface area contributed by atoms with Crippen molar-refractivity contribution in [2.75, 3.05) is 19.1 Å². The standard InChI is InChI=1S/C15H16ClNO2/c1-17(12-6-4-3-5-7-12)10-11-8-13(16)15(18)14(9-11)19-2/h3-9,18H,10H2,1-2H3. The molecule has 0 amide bonds. The fourth-order valence-corrected chi connectivity index (χ4v) is 2.16. The minimum atomic E-state index is -0.0183. The molecule has 0 aliphatic heterocycles. The summed E-state index contributed by atoms with van der Waals surface area (Å²) in [4.78, 5) is 2.10. The zero-order valence-corrected chi connectivity index (χ0v) is 11.7. The third kappa shape index (κ3) is 3.12. The topological polar surface area (TPSA) is 32.7 Å². The maximum absolute atomic E-state index is 9.70.